The molecule has 258 valence electrons. The molecular weight excluding hydrogens is 679 g/mol. The predicted molar refractivity (Wildman–Crippen MR) is 174 cm³/mol. The van der Waals surface area contributed by atoms with Gasteiger partial charge < -0.3 is 25.1 Å². The fraction of sp³-hybridized carbons (Fsp3) is 0.189. The first kappa shape index (κ1) is 35.0. The number of ether oxygens (including phenoxy) is 2. The number of pyridine rings is 1. The molecule has 0 saturated carbocycles. The number of halogens is 5. The number of benzene rings is 4. The first-order valence-corrected chi connectivity index (χ1v) is 16.4. The number of amides is 1. The molecule has 50 heavy (non-hydrogen) atoms. The minimum absolute atomic E-state index is 0.0885. The van der Waals surface area contributed by atoms with E-state index in [2.05, 4.69) is 5.32 Å². The van der Waals surface area contributed by atoms with Crippen LogP contribution < -0.4 is 10.0 Å². The van der Waals surface area contributed by atoms with Crippen LogP contribution >= 0.6 is 11.8 Å². The third-order valence-electron chi connectivity index (χ3n) is 8.13. The molecule has 0 radical (unpaired) electrons. The summed E-state index contributed by atoms with van der Waals surface area (Å²) in [6.45, 7) is -0.351. The first-order valence-electron chi connectivity index (χ1n) is 15.4. The maximum absolute atomic E-state index is 14.1. The second kappa shape index (κ2) is 15.4. The van der Waals surface area contributed by atoms with Crippen LogP contribution in [0.15, 0.2) is 102 Å². The van der Waals surface area contributed by atoms with Crippen LogP contribution in [-0.4, -0.2) is 22.9 Å². The van der Waals surface area contributed by atoms with E-state index in [1.807, 2.05) is 48.5 Å². The van der Waals surface area contributed by atoms with Crippen molar-refractivity contribution in [3.63, 3.8) is 0 Å². The van der Waals surface area contributed by atoms with Crippen molar-refractivity contribution in [2.75, 3.05) is 5.75 Å². The quantitative estimate of drug-likeness (QED) is 0.0391. The minimum atomic E-state index is -2.35. The Morgan fingerprint density at radius 2 is 1.48 bits per heavy atom. The summed E-state index contributed by atoms with van der Waals surface area (Å²) in [5.74, 6) is -12.2. The zero-order valence-corrected chi connectivity index (χ0v) is 26.9. The van der Waals surface area contributed by atoms with E-state index in [-0.39, 0.29) is 25.4 Å². The Hall–Kier alpha value is -4.82. The summed E-state index contributed by atoms with van der Waals surface area (Å²) in [6, 6.07) is 26.9. The smallest absolute Gasteiger partial charge is 0.257 e. The maximum Gasteiger partial charge on any atom is 0.257 e. The average Bonchev–Trinajstić information content (AvgIpc) is 3.15. The van der Waals surface area contributed by atoms with E-state index in [0.29, 0.717) is 33.9 Å². The molecule has 2 N–H and O–H groups in total. The summed E-state index contributed by atoms with van der Waals surface area (Å²) in [5, 5.41) is 24.5. The first-order chi connectivity index (χ1) is 24.1. The maximum atomic E-state index is 14.1. The Kier molecular flexibility index (Phi) is 10.8. The number of hydrogen-bond donors (Lipinski definition) is 2. The average molecular weight is 709 g/mol. The number of hydrogen-bond acceptors (Lipinski definition) is 6. The number of rotatable bonds is 10. The van der Waals surface area contributed by atoms with Crippen LogP contribution in [0.2, 0.25) is 0 Å². The summed E-state index contributed by atoms with van der Waals surface area (Å²) in [7, 11) is 0. The van der Waals surface area contributed by atoms with Gasteiger partial charge in [0.15, 0.2) is 35.8 Å². The number of nitrogens with zero attached hydrogens (tertiary/aromatic N) is 1. The standard InChI is InChI=1S/C37H29F5N2O5S/c38-31-30(32(39)34(41)35(42)33(31)40)36(46)43-18-22-5-3-6-24(15-22)25-7-4-8-26(16-25)37-48-27(20-50-29-9-1-2-14-44(29)47)17-28(49-37)23-12-10-21(19-45)11-13-23/h1-16,27-28,37,45H,17-20H2,(H,43,46). The fourth-order valence-electron chi connectivity index (χ4n) is 5.53. The molecule has 3 unspecified atom stereocenters. The SMILES string of the molecule is O=C(NCc1cccc(-c2cccc(C3OC(CSc4cccc[n+]4[O-])CC(c4ccc(CO)cc4)O3)c2)c1)c1c(F)c(F)c(F)c(F)c1F. The molecule has 0 spiro atoms. The summed E-state index contributed by atoms with van der Waals surface area (Å²) in [4.78, 5) is 12.5. The van der Waals surface area contributed by atoms with E-state index in [9.17, 15) is 37.1 Å². The number of aliphatic hydroxyl groups excluding tert-OH is 1. The van der Waals surface area contributed by atoms with E-state index in [4.69, 9.17) is 9.47 Å². The van der Waals surface area contributed by atoms with Crippen LogP contribution in [0.4, 0.5) is 22.0 Å². The largest absolute Gasteiger partial charge is 0.618 e. The molecule has 3 atom stereocenters. The van der Waals surface area contributed by atoms with Gasteiger partial charge in [-0.25, -0.2) is 22.0 Å². The van der Waals surface area contributed by atoms with Gasteiger partial charge in [0.1, 0.15) is 5.56 Å². The molecule has 0 aliphatic carbocycles. The van der Waals surface area contributed by atoms with Crippen LogP contribution in [0.5, 0.6) is 0 Å². The molecule has 1 aliphatic heterocycles. The molecule has 5 aromatic rings. The lowest BCUT2D eigenvalue weighted by molar-refractivity contribution is -0.645. The van der Waals surface area contributed by atoms with Crippen LogP contribution in [0.1, 0.15) is 51.4 Å². The summed E-state index contributed by atoms with van der Waals surface area (Å²) < 4.78 is 82.6. The van der Waals surface area contributed by atoms with Gasteiger partial charge in [-0.3, -0.25) is 4.79 Å². The Balaban J connectivity index is 1.21. The van der Waals surface area contributed by atoms with Gasteiger partial charge in [-0.05, 0) is 46.0 Å². The molecule has 1 aliphatic rings. The van der Waals surface area contributed by atoms with Gasteiger partial charge in [0.2, 0.25) is 5.82 Å². The minimum Gasteiger partial charge on any atom is -0.618 e. The van der Waals surface area contributed by atoms with E-state index < -0.39 is 46.8 Å². The Morgan fingerprint density at radius 1 is 0.800 bits per heavy atom. The third-order valence-corrected chi connectivity index (χ3v) is 9.28. The van der Waals surface area contributed by atoms with E-state index in [1.165, 1.54) is 18.0 Å². The van der Waals surface area contributed by atoms with Gasteiger partial charge >= 0.3 is 0 Å². The van der Waals surface area contributed by atoms with Crippen LogP contribution in [-0.2, 0) is 22.6 Å². The van der Waals surface area contributed by atoms with Crippen molar-refractivity contribution in [2.24, 2.45) is 0 Å². The van der Waals surface area contributed by atoms with Crippen molar-refractivity contribution in [3.8, 4) is 11.1 Å². The van der Waals surface area contributed by atoms with Crippen molar-refractivity contribution in [1.29, 1.82) is 0 Å². The molecule has 1 saturated heterocycles. The van der Waals surface area contributed by atoms with E-state index in [0.717, 1.165) is 21.4 Å². The van der Waals surface area contributed by atoms with Gasteiger partial charge in [-0.2, -0.15) is 4.73 Å². The third kappa shape index (κ3) is 7.65. The highest BCUT2D eigenvalue weighted by molar-refractivity contribution is 7.99. The zero-order valence-electron chi connectivity index (χ0n) is 26.1. The normalized spacial score (nSPS) is 17.4. The molecule has 4 aromatic carbocycles. The van der Waals surface area contributed by atoms with Crippen molar-refractivity contribution < 1.29 is 46.1 Å². The number of aliphatic hydroxyl groups is 1. The lowest BCUT2D eigenvalue weighted by atomic mass is 9.99. The van der Waals surface area contributed by atoms with Crippen molar-refractivity contribution >= 4 is 17.7 Å². The number of carbonyl (C=O) groups is 1. The second-order valence-corrected chi connectivity index (χ2v) is 12.5. The molecular formula is C37H29F5N2O5S. The van der Waals surface area contributed by atoms with Crippen LogP contribution in [0.25, 0.3) is 11.1 Å². The van der Waals surface area contributed by atoms with Gasteiger partial charge in [0.25, 0.3) is 10.9 Å². The van der Waals surface area contributed by atoms with Gasteiger partial charge in [-0.1, -0.05) is 72.4 Å². The zero-order chi connectivity index (χ0) is 35.4. The number of carbonyl (C=O) groups excluding carboxylic acids is 1. The molecule has 7 nitrogen and oxygen atoms in total. The monoisotopic (exact) mass is 708 g/mol. The molecule has 0 bridgehead atoms. The molecule has 6 rings (SSSR count). The molecule has 1 amide bonds. The lowest BCUT2D eigenvalue weighted by Gasteiger charge is -2.36. The highest BCUT2D eigenvalue weighted by Gasteiger charge is 2.33. The summed E-state index contributed by atoms with van der Waals surface area (Å²) in [6.07, 6.45) is 0.524. The number of thioether (sulfide) groups is 1. The number of nitrogens with one attached hydrogen (secondary N) is 1. The van der Waals surface area contributed by atoms with Crippen molar-refractivity contribution in [1.82, 2.24) is 5.32 Å². The van der Waals surface area contributed by atoms with Crippen LogP contribution in [0.3, 0.4) is 0 Å². The van der Waals surface area contributed by atoms with Gasteiger partial charge in [0.05, 0.1) is 18.8 Å². The predicted octanol–water partition coefficient (Wildman–Crippen LogP) is 7.44. The number of aromatic nitrogens is 1. The van der Waals surface area contributed by atoms with Crippen molar-refractivity contribution in [3.05, 3.63) is 159 Å². The fourth-order valence-corrected chi connectivity index (χ4v) is 6.46. The molecule has 1 fully saturated rings. The van der Waals surface area contributed by atoms with Gasteiger partial charge in [0, 0.05) is 36.4 Å². The summed E-state index contributed by atoms with van der Waals surface area (Å²) >= 11 is 1.38. The van der Waals surface area contributed by atoms with E-state index >= 15 is 0 Å². The van der Waals surface area contributed by atoms with Gasteiger partial charge in [-0.15, -0.1) is 0 Å². The molecule has 1 aromatic heterocycles. The molecule has 2 heterocycles. The highest BCUT2D eigenvalue weighted by Crippen LogP contribution is 2.40. The van der Waals surface area contributed by atoms with E-state index in [1.54, 1.807) is 42.5 Å². The Bertz CT molecular complexity index is 1990. The topological polar surface area (TPSA) is 94.7 Å². The van der Waals surface area contributed by atoms with Crippen LogP contribution in [0, 0.1) is 34.3 Å². The second-order valence-electron chi connectivity index (χ2n) is 11.5. The van der Waals surface area contributed by atoms with Crippen molar-refractivity contribution in [2.45, 2.75) is 43.1 Å². The summed E-state index contributed by atoms with van der Waals surface area (Å²) in [5.41, 5.74) is 2.76. The Morgan fingerprint density at radius 3 is 2.18 bits per heavy atom. The Labute approximate surface area is 287 Å². The lowest BCUT2D eigenvalue weighted by Crippen LogP contribution is -2.32. The molecule has 13 heteroatoms. The highest BCUT2D eigenvalue weighted by atomic mass is 32.2.